The number of benzene rings is 1. The average Bonchev–Trinajstić information content (AvgIpc) is 2.87. The largest absolute Gasteiger partial charge is 0.492 e. The molecule has 1 aliphatic rings. The Hall–Kier alpha value is -3.62. The molecule has 0 aliphatic carbocycles. The molecule has 0 amide bonds. The lowest BCUT2D eigenvalue weighted by molar-refractivity contribution is 0.215. The standard InChI is InChI=1S/C25H27F2N5O2/c1-3-17-12-29-25(30-13-17)32-8-6-18(7-9-32)16-34-20-11-23(27)24(28-15-20)21-5-4-19(10-22(21)26)14-31-33-2/h4-5,10-15,18H,3,6-9,16H2,1-2H3/b31-14+. The number of ether oxygens (including phenoxy) is 1. The third-order valence-electron chi connectivity index (χ3n) is 5.85. The third kappa shape index (κ3) is 5.65. The van der Waals surface area contributed by atoms with Gasteiger partial charge in [-0.05, 0) is 48.4 Å². The second-order valence-electron chi connectivity index (χ2n) is 8.14. The number of nitrogens with zero attached hydrogens (tertiary/aromatic N) is 5. The molecule has 2 aromatic heterocycles. The van der Waals surface area contributed by atoms with Gasteiger partial charge in [0.25, 0.3) is 0 Å². The first-order chi connectivity index (χ1) is 16.6. The van der Waals surface area contributed by atoms with Gasteiger partial charge in [-0.15, -0.1) is 0 Å². The predicted octanol–water partition coefficient (Wildman–Crippen LogP) is 4.65. The van der Waals surface area contributed by atoms with Crippen LogP contribution in [0.1, 0.15) is 30.9 Å². The molecule has 1 aliphatic heterocycles. The molecule has 9 heteroatoms. The Morgan fingerprint density at radius 3 is 2.47 bits per heavy atom. The smallest absolute Gasteiger partial charge is 0.225 e. The Labute approximate surface area is 197 Å². The molecule has 0 spiro atoms. The summed E-state index contributed by atoms with van der Waals surface area (Å²) in [6, 6.07) is 5.58. The summed E-state index contributed by atoms with van der Waals surface area (Å²) in [5, 5.41) is 3.59. The highest BCUT2D eigenvalue weighted by Crippen LogP contribution is 2.27. The normalized spacial score (nSPS) is 14.5. The first-order valence-corrected chi connectivity index (χ1v) is 11.3. The van der Waals surface area contributed by atoms with Crippen LogP contribution in [0.3, 0.4) is 0 Å². The van der Waals surface area contributed by atoms with Gasteiger partial charge in [0, 0.05) is 37.1 Å². The number of oxime groups is 1. The predicted molar refractivity (Wildman–Crippen MR) is 126 cm³/mol. The number of piperidine rings is 1. The molecule has 0 saturated carbocycles. The molecular weight excluding hydrogens is 440 g/mol. The minimum absolute atomic E-state index is 0.0671. The van der Waals surface area contributed by atoms with Gasteiger partial charge in [0.1, 0.15) is 24.4 Å². The number of rotatable bonds is 8. The van der Waals surface area contributed by atoms with Crippen LogP contribution in [0, 0.1) is 17.6 Å². The van der Waals surface area contributed by atoms with Gasteiger partial charge < -0.3 is 14.5 Å². The van der Waals surface area contributed by atoms with Gasteiger partial charge in [-0.25, -0.2) is 23.7 Å². The summed E-state index contributed by atoms with van der Waals surface area (Å²) >= 11 is 0. The highest BCUT2D eigenvalue weighted by molar-refractivity contribution is 5.80. The third-order valence-corrected chi connectivity index (χ3v) is 5.85. The second kappa shape index (κ2) is 11.0. The fourth-order valence-electron chi connectivity index (χ4n) is 3.82. The van der Waals surface area contributed by atoms with Gasteiger partial charge in [0.2, 0.25) is 5.95 Å². The maximum atomic E-state index is 14.7. The van der Waals surface area contributed by atoms with E-state index in [1.165, 1.54) is 37.7 Å². The SMILES string of the molecule is CCc1cnc(N2CCC(COc3cnc(-c4ccc(/C=N/OC)cc4F)c(F)c3)CC2)nc1. The van der Waals surface area contributed by atoms with Crippen LogP contribution in [0.4, 0.5) is 14.7 Å². The van der Waals surface area contributed by atoms with Crippen LogP contribution in [0.2, 0.25) is 0 Å². The van der Waals surface area contributed by atoms with Gasteiger partial charge in [-0.2, -0.15) is 0 Å². The Morgan fingerprint density at radius 2 is 1.82 bits per heavy atom. The quantitative estimate of drug-likeness (QED) is 0.355. The molecule has 0 radical (unpaired) electrons. The summed E-state index contributed by atoms with van der Waals surface area (Å²) in [5.41, 5.74) is 1.62. The zero-order valence-corrected chi connectivity index (χ0v) is 19.2. The number of hydrogen-bond acceptors (Lipinski definition) is 7. The topological polar surface area (TPSA) is 72.7 Å². The maximum Gasteiger partial charge on any atom is 0.225 e. The Morgan fingerprint density at radius 1 is 1.06 bits per heavy atom. The van der Waals surface area contributed by atoms with Gasteiger partial charge >= 0.3 is 0 Å². The molecule has 3 heterocycles. The Kier molecular flexibility index (Phi) is 7.61. The molecule has 1 saturated heterocycles. The molecule has 3 aromatic rings. The molecule has 7 nitrogen and oxygen atoms in total. The summed E-state index contributed by atoms with van der Waals surface area (Å²) in [6.07, 6.45) is 9.32. The van der Waals surface area contributed by atoms with Gasteiger partial charge in [-0.3, -0.25) is 0 Å². The molecule has 0 unspecified atom stereocenters. The Bertz CT molecular complexity index is 1130. The molecular formula is C25H27F2N5O2. The number of aromatic nitrogens is 3. The lowest BCUT2D eigenvalue weighted by Gasteiger charge is -2.31. The van der Waals surface area contributed by atoms with Crippen molar-refractivity contribution in [3.63, 3.8) is 0 Å². The molecule has 34 heavy (non-hydrogen) atoms. The number of halogens is 2. The van der Waals surface area contributed by atoms with Crippen molar-refractivity contribution in [3.05, 3.63) is 65.6 Å². The van der Waals surface area contributed by atoms with Crippen LogP contribution in [0.25, 0.3) is 11.3 Å². The van der Waals surface area contributed by atoms with Crippen molar-refractivity contribution in [2.45, 2.75) is 26.2 Å². The van der Waals surface area contributed by atoms with Crippen LogP contribution in [-0.4, -0.2) is 48.0 Å². The number of pyridine rings is 1. The van der Waals surface area contributed by atoms with E-state index in [0.717, 1.165) is 43.9 Å². The molecule has 4 rings (SSSR count). The Balaban J connectivity index is 1.32. The maximum absolute atomic E-state index is 14.7. The minimum Gasteiger partial charge on any atom is -0.492 e. The van der Waals surface area contributed by atoms with Gasteiger partial charge in [-0.1, -0.05) is 18.1 Å². The lowest BCUT2D eigenvalue weighted by Crippen LogP contribution is -2.36. The van der Waals surface area contributed by atoms with E-state index in [-0.39, 0.29) is 11.3 Å². The van der Waals surface area contributed by atoms with Crippen LogP contribution < -0.4 is 9.64 Å². The highest BCUT2D eigenvalue weighted by atomic mass is 19.1. The van der Waals surface area contributed by atoms with Crippen LogP contribution >= 0.6 is 0 Å². The fourth-order valence-corrected chi connectivity index (χ4v) is 3.82. The monoisotopic (exact) mass is 467 g/mol. The minimum atomic E-state index is -0.641. The molecule has 0 N–H and O–H groups in total. The molecule has 1 aromatic carbocycles. The van der Waals surface area contributed by atoms with E-state index in [9.17, 15) is 8.78 Å². The van der Waals surface area contributed by atoms with Gasteiger partial charge in [0.05, 0.1) is 19.0 Å². The fraction of sp³-hybridized carbons (Fsp3) is 0.360. The van der Waals surface area contributed by atoms with E-state index in [2.05, 4.69) is 36.8 Å². The first kappa shape index (κ1) is 23.5. The lowest BCUT2D eigenvalue weighted by atomic mass is 9.98. The van der Waals surface area contributed by atoms with Crippen molar-refractivity contribution in [1.29, 1.82) is 0 Å². The molecule has 0 atom stereocenters. The van der Waals surface area contributed by atoms with E-state index >= 15 is 0 Å². The van der Waals surface area contributed by atoms with Gasteiger partial charge in [0.15, 0.2) is 5.82 Å². The number of anilines is 1. The zero-order chi connectivity index (χ0) is 23.9. The van der Waals surface area contributed by atoms with E-state index in [1.54, 1.807) is 6.07 Å². The van der Waals surface area contributed by atoms with E-state index in [0.29, 0.717) is 23.8 Å². The summed E-state index contributed by atoms with van der Waals surface area (Å²) in [5.74, 6) is 0.182. The van der Waals surface area contributed by atoms with E-state index < -0.39 is 11.6 Å². The second-order valence-corrected chi connectivity index (χ2v) is 8.14. The molecule has 1 fully saturated rings. The van der Waals surface area contributed by atoms with Crippen molar-refractivity contribution in [2.24, 2.45) is 11.1 Å². The van der Waals surface area contributed by atoms with Crippen LogP contribution in [-0.2, 0) is 11.3 Å². The van der Waals surface area contributed by atoms with Crippen LogP contribution in [0.15, 0.2) is 48.0 Å². The molecule has 0 bridgehead atoms. The zero-order valence-electron chi connectivity index (χ0n) is 19.2. The van der Waals surface area contributed by atoms with Crippen LogP contribution in [0.5, 0.6) is 5.75 Å². The number of hydrogen-bond donors (Lipinski definition) is 0. The number of aryl methyl sites for hydroxylation is 1. The first-order valence-electron chi connectivity index (χ1n) is 11.3. The van der Waals surface area contributed by atoms with E-state index in [4.69, 9.17) is 4.74 Å². The summed E-state index contributed by atoms with van der Waals surface area (Å²) in [7, 11) is 1.40. The average molecular weight is 468 g/mol. The summed E-state index contributed by atoms with van der Waals surface area (Å²) < 4.78 is 35.0. The van der Waals surface area contributed by atoms with Crippen molar-refractivity contribution in [3.8, 4) is 17.0 Å². The molecule has 178 valence electrons. The van der Waals surface area contributed by atoms with Crippen molar-refractivity contribution >= 4 is 12.2 Å². The van der Waals surface area contributed by atoms with Crippen molar-refractivity contribution in [2.75, 3.05) is 31.7 Å². The van der Waals surface area contributed by atoms with E-state index in [1.807, 2.05) is 12.4 Å². The highest BCUT2D eigenvalue weighted by Gasteiger charge is 2.22. The summed E-state index contributed by atoms with van der Waals surface area (Å²) in [4.78, 5) is 19.8. The summed E-state index contributed by atoms with van der Waals surface area (Å²) in [6.45, 7) is 4.23. The van der Waals surface area contributed by atoms with Crippen molar-refractivity contribution in [1.82, 2.24) is 15.0 Å². The van der Waals surface area contributed by atoms with Crippen molar-refractivity contribution < 1.29 is 18.4 Å².